The minimum Gasteiger partial charge on any atom is -0.292 e. The Hall–Kier alpha value is -1.77. The van der Waals surface area contributed by atoms with E-state index >= 15 is 0 Å². The van der Waals surface area contributed by atoms with E-state index in [-0.39, 0.29) is 18.2 Å². The molecule has 0 N–H and O–H groups in total. The molecule has 1 aromatic carbocycles. The van der Waals surface area contributed by atoms with Crippen LogP contribution in [0.25, 0.3) is 0 Å². The van der Waals surface area contributed by atoms with Gasteiger partial charge in [0.1, 0.15) is 5.60 Å². The number of alkyl halides is 6. The summed E-state index contributed by atoms with van der Waals surface area (Å²) in [6.07, 6.45) is -10.1. The third kappa shape index (κ3) is 5.21. The Kier molecular flexibility index (Phi) is 4.81. The highest BCUT2D eigenvalue weighted by Gasteiger charge is 2.37. The van der Waals surface area contributed by atoms with Crippen molar-refractivity contribution in [1.29, 1.82) is 0 Å². The lowest BCUT2D eigenvalue weighted by atomic mass is 10.0. The largest absolute Gasteiger partial charge is 0.416 e. The van der Waals surface area contributed by atoms with E-state index in [4.69, 9.17) is 0 Å². The fourth-order valence-electron chi connectivity index (χ4n) is 1.28. The number of hydrogen-bond acceptors (Lipinski definition) is 3. The lowest BCUT2D eigenvalue weighted by molar-refractivity contribution is -0.301. The Morgan fingerprint density at radius 3 is 1.59 bits per heavy atom. The molecule has 0 saturated heterocycles. The first-order chi connectivity index (χ1) is 9.70. The minimum absolute atomic E-state index is 0.0819. The smallest absolute Gasteiger partial charge is 0.292 e. The first-order valence-electron chi connectivity index (χ1n) is 5.89. The van der Waals surface area contributed by atoms with Crippen LogP contribution in [0.1, 0.15) is 42.3 Å². The Morgan fingerprint density at radius 2 is 1.27 bits per heavy atom. The van der Waals surface area contributed by atoms with Crippen molar-refractivity contribution in [3.8, 4) is 0 Å². The second kappa shape index (κ2) is 5.79. The zero-order chi connectivity index (χ0) is 17.3. The molecule has 0 aliphatic rings. The molecular formula is C13H12F6O3. The van der Waals surface area contributed by atoms with Gasteiger partial charge in [-0.25, -0.2) is 4.79 Å². The van der Waals surface area contributed by atoms with Gasteiger partial charge in [0.05, 0.1) is 16.7 Å². The maximum atomic E-state index is 12.6. The van der Waals surface area contributed by atoms with E-state index in [1.165, 1.54) is 20.8 Å². The van der Waals surface area contributed by atoms with E-state index in [9.17, 15) is 31.1 Å². The second-order valence-corrected chi connectivity index (χ2v) is 5.36. The van der Waals surface area contributed by atoms with E-state index < -0.39 is 40.6 Å². The van der Waals surface area contributed by atoms with Crippen molar-refractivity contribution in [2.75, 3.05) is 0 Å². The van der Waals surface area contributed by atoms with E-state index in [0.29, 0.717) is 0 Å². The predicted octanol–water partition coefficient (Wildman–Crippen LogP) is 4.61. The quantitative estimate of drug-likeness (QED) is 0.451. The molecule has 22 heavy (non-hydrogen) atoms. The van der Waals surface area contributed by atoms with Crippen LogP contribution in [0.2, 0.25) is 0 Å². The van der Waals surface area contributed by atoms with Crippen molar-refractivity contribution in [1.82, 2.24) is 0 Å². The monoisotopic (exact) mass is 330 g/mol. The molecule has 0 aliphatic heterocycles. The number of carbonyl (C=O) groups excluding carboxylic acids is 1. The van der Waals surface area contributed by atoms with Gasteiger partial charge in [-0.1, -0.05) is 0 Å². The maximum Gasteiger partial charge on any atom is 0.416 e. The van der Waals surface area contributed by atoms with Crippen LogP contribution in [0.15, 0.2) is 18.2 Å². The van der Waals surface area contributed by atoms with Gasteiger partial charge in [0, 0.05) is 0 Å². The molecule has 0 atom stereocenters. The minimum atomic E-state index is -5.04. The number of rotatable bonds is 2. The number of benzene rings is 1. The molecule has 0 radical (unpaired) electrons. The van der Waals surface area contributed by atoms with Gasteiger partial charge in [-0.15, -0.1) is 0 Å². The van der Waals surface area contributed by atoms with Gasteiger partial charge in [-0.05, 0) is 39.0 Å². The molecule has 0 unspecified atom stereocenters. The first kappa shape index (κ1) is 18.3. The van der Waals surface area contributed by atoms with Crippen LogP contribution in [0, 0.1) is 0 Å². The molecular weight excluding hydrogens is 318 g/mol. The normalized spacial score (nSPS) is 13.1. The molecule has 0 amide bonds. The molecule has 0 aromatic heterocycles. The van der Waals surface area contributed by atoms with Crippen molar-refractivity contribution in [2.24, 2.45) is 0 Å². The molecule has 0 fully saturated rings. The Balaban J connectivity index is 3.21. The van der Waals surface area contributed by atoms with Gasteiger partial charge in [0.2, 0.25) is 0 Å². The van der Waals surface area contributed by atoms with Gasteiger partial charge in [0.15, 0.2) is 0 Å². The summed E-state index contributed by atoms with van der Waals surface area (Å²) in [6, 6.07) is 0.453. The number of carbonyl (C=O) groups is 1. The summed E-state index contributed by atoms with van der Waals surface area (Å²) < 4.78 is 75.7. The highest BCUT2D eigenvalue weighted by atomic mass is 19.4. The van der Waals surface area contributed by atoms with Gasteiger partial charge < -0.3 is 0 Å². The van der Waals surface area contributed by atoms with Crippen LogP contribution in [0.3, 0.4) is 0 Å². The molecule has 0 saturated carbocycles. The summed E-state index contributed by atoms with van der Waals surface area (Å²) in [4.78, 5) is 20.4. The summed E-state index contributed by atoms with van der Waals surface area (Å²) >= 11 is 0. The van der Waals surface area contributed by atoms with Crippen LogP contribution in [-0.4, -0.2) is 11.6 Å². The highest BCUT2D eigenvalue weighted by Crippen LogP contribution is 2.36. The van der Waals surface area contributed by atoms with Crippen molar-refractivity contribution in [3.05, 3.63) is 34.9 Å². The SMILES string of the molecule is CC(C)(C)OOC(=O)c1cc(C(F)(F)F)cc(C(F)(F)F)c1. The van der Waals surface area contributed by atoms with Crippen molar-refractivity contribution in [3.63, 3.8) is 0 Å². The average Bonchev–Trinajstić information content (AvgIpc) is 2.32. The van der Waals surface area contributed by atoms with Gasteiger partial charge >= 0.3 is 18.3 Å². The Labute approximate surface area is 121 Å². The molecule has 0 spiro atoms. The topological polar surface area (TPSA) is 35.5 Å². The summed E-state index contributed by atoms with van der Waals surface area (Å²) in [5.74, 6) is -1.45. The number of hydrogen-bond donors (Lipinski definition) is 0. The standard InChI is InChI=1S/C13H12F6O3/c1-11(2,3)22-21-10(20)7-4-8(12(14,15)16)6-9(5-7)13(17,18)19/h4-6H,1-3H3. The van der Waals surface area contributed by atoms with Crippen LogP contribution in [0.4, 0.5) is 26.3 Å². The molecule has 9 heteroatoms. The fourth-order valence-corrected chi connectivity index (χ4v) is 1.28. The lowest BCUT2D eigenvalue weighted by Gasteiger charge is -2.17. The van der Waals surface area contributed by atoms with E-state index in [0.717, 1.165) is 0 Å². The lowest BCUT2D eigenvalue weighted by Crippen LogP contribution is -2.22. The maximum absolute atomic E-state index is 12.6. The zero-order valence-corrected chi connectivity index (χ0v) is 11.7. The summed E-state index contributed by atoms with van der Waals surface area (Å²) in [7, 11) is 0. The second-order valence-electron chi connectivity index (χ2n) is 5.36. The highest BCUT2D eigenvalue weighted by molar-refractivity contribution is 5.89. The summed E-state index contributed by atoms with van der Waals surface area (Å²) in [5, 5.41) is 0. The molecule has 0 aliphatic carbocycles. The van der Waals surface area contributed by atoms with Crippen molar-refractivity contribution in [2.45, 2.75) is 38.7 Å². The molecule has 124 valence electrons. The molecule has 1 aromatic rings. The molecule has 1 rings (SSSR count). The third-order valence-electron chi connectivity index (χ3n) is 2.19. The van der Waals surface area contributed by atoms with E-state index in [2.05, 4.69) is 9.78 Å². The zero-order valence-electron chi connectivity index (χ0n) is 11.7. The fraction of sp³-hybridized carbons (Fsp3) is 0.462. The van der Waals surface area contributed by atoms with Crippen LogP contribution >= 0.6 is 0 Å². The van der Waals surface area contributed by atoms with Crippen LogP contribution < -0.4 is 0 Å². The van der Waals surface area contributed by atoms with Crippen LogP contribution in [0.5, 0.6) is 0 Å². The van der Waals surface area contributed by atoms with Crippen LogP contribution in [-0.2, 0) is 22.1 Å². The van der Waals surface area contributed by atoms with Gasteiger partial charge in [-0.3, -0.25) is 4.89 Å². The average molecular weight is 330 g/mol. The summed E-state index contributed by atoms with van der Waals surface area (Å²) in [6.45, 7) is 4.44. The van der Waals surface area contributed by atoms with E-state index in [1.807, 2.05) is 0 Å². The third-order valence-corrected chi connectivity index (χ3v) is 2.19. The Bertz CT molecular complexity index is 522. The van der Waals surface area contributed by atoms with Gasteiger partial charge in [0.25, 0.3) is 0 Å². The van der Waals surface area contributed by atoms with E-state index in [1.54, 1.807) is 0 Å². The van der Waals surface area contributed by atoms with Gasteiger partial charge in [-0.2, -0.15) is 31.2 Å². The van der Waals surface area contributed by atoms with Crippen molar-refractivity contribution < 1.29 is 40.9 Å². The molecule has 3 nitrogen and oxygen atoms in total. The summed E-state index contributed by atoms with van der Waals surface area (Å²) in [5.41, 5.74) is -5.09. The Morgan fingerprint density at radius 1 is 0.864 bits per heavy atom. The number of halogens is 6. The molecule has 0 bridgehead atoms. The van der Waals surface area contributed by atoms with Crippen molar-refractivity contribution >= 4 is 5.97 Å². The molecule has 0 heterocycles. The predicted molar refractivity (Wildman–Crippen MR) is 62.7 cm³/mol. The first-order valence-corrected chi connectivity index (χ1v) is 5.89.